The third-order valence-electron chi connectivity index (χ3n) is 2.33. The van der Waals surface area contributed by atoms with Crippen LogP contribution in [0.4, 0.5) is 0 Å². The van der Waals surface area contributed by atoms with Gasteiger partial charge in [0, 0.05) is 6.42 Å². The number of allylic oxidation sites excluding steroid dienone is 1. The first-order valence-electron chi connectivity index (χ1n) is 5.88. The summed E-state index contributed by atoms with van der Waals surface area (Å²) in [6, 6.07) is 0. The Bertz CT molecular complexity index is 231. The predicted molar refractivity (Wildman–Crippen MR) is 64.2 cm³/mol. The lowest BCUT2D eigenvalue weighted by Gasteiger charge is -1.97. The third-order valence-corrected chi connectivity index (χ3v) is 2.33. The van der Waals surface area contributed by atoms with Gasteiger partial charge in [-0.15, -0.1) is 0 Å². The molecule has 0 aliphatic carbocycles. The number of ketones is 1. The van der Waals surface area contributed by atoms with Crippen LogP contribution in [0.2, 0.25) is 0 Å². The number of hydrogen-bond acceptors (Lipinski definition) is 3. The van der Waals surface area contributed by atoms with Crippen molar-refractivity contribution in [3.8, 4) is 0 Å². The van der Waals surface area contributed by atoms with Gasteiger partial charge in [0.1, 0.15) is 5.78 Å². The zero-order valence-electron chi connectivity index (χ0n) is 10.3. The number of esters is 1. The summed E-state index contributed by atoms with van der Waals surface area (Å²) < 4.78 is 4.51. The van der Waals surface area contributed by atoms with Crippen molar-refractivity contribution in [2.24, 2.45) is 0 Å². The Morgan fingerprint density at radius 1 is 1.06 bits per heavy atom. The lowest BCUT2D eigenvalue weighted by Crippen LogP contribution is -1.96. The van der Waals surface area contributed by atoms with Crippen molar-refractivity contribution in [2.45, 2.75) is 51.9 Å². The third kappa shape index (κ3) is 11.0. The van der Waals surface area contributed by atoms with E-state index in [2.05, 4.69) is 4.74 Å². The van der Waals surface area contributed by atoms with Crippen LogP contribution in [0.15, 0.2) is 12.2 Å². The molecule has 3 heteroatoms. The molecule has 0 amide bonds. The maximum Gasteiger partial charge on any atom is 0.309 e. The molecule has 0 spiro atoms. The maximum atomic E-state index is 10.7. The molecule has 0 aliphatic heterocycles. The Morgan fingerprint density at radius 3 is 2.38 bits per heavy atom. The number of carbonyl (C=O) groups is 2. The molecule has 16 heavy (non-hydrogen) atoms. The minimum atomic E-state index is -0.197. The van der Waals surface area contributed by atoms with E-state index in [9.17, 15) is 9.59 Å². The van der Waals surface area contributed by atoms with Gasteiger partial charge in [-0.2, -0.15) is 0 Å². The van der Waals surface area contributed by atoms with Gasteiger partial charge in [-0.3, -0.25) is 4.79 Å². The molecule has 3 nitrogen and oxygen atoms in total. The quantitative estimate of drug-likeness (QED) is 0.345. The van der Waals surface area contributed by atoms with E-state index in [1.54, 1.807) is 6.92 Å². The monoisotopic (exact) mass is 226 g/mol. The van der Waals surface area contributed by atoms with Gasteiger partial charge < -0.3 is 9.53 Å². The highest BCUT2D eigenvalue weighted by molar-refractivity contribution is 5.75. The first kappa shape index (κ1) is 14.9. The molecular formula is C13H22O3. The second-order valence-electron chi connectivity index (χ2n) is 3.91. The summed E-state index contributed by atoms with van der Waals surface area (Å²) in [6.07, 6.45) is 10.3. The van der Waals surface area contributed by atoms with Crippen LogP contribution in [0.1, 0.15) is 51.9 Å². The van der Waals surface area contributed by atoms with Gasteiger partial charge in [-0.1, -0.05) is 25.0 Å². The van der Waals surface area contributed by atoms with E-state index in [1.165, 1.54) is 7.11 Å². The van der Waals surface area contributed by atoms with Crippen molar-refractivity contribution in [2.75, 3.05) is 7.11 Å². The average molecular weight is 226 g/mol. The molecule has 0 unspecified atom stereocenters. The normalized spacial score (nSPS) is 10.6. The Labute approximate surface area is 97.9 Å². The van der Waals surface area contributed by atoms with Gasteiger partial charge in [0.25, 0.3) is 0 Å². The number of unbranched alkanes of at least 4 members (excludes halogenated alkanes) is 4. The molecule has 0 bridgehead atoms. The number of rotatable bonds is 9. The number of methoxy groups -OCH3 is 1. The Hall–Kier alpha value is -1.12. The summed E-state index contributed by atoms with van der Waals surface area (Å²) >= 11 is 0. The number of hydrogen-bond donors (Lipinski definition) is 0. The van der Waals surface area contributed by atoms with Crippen LogP contribution >= 0.6 is 0 Å². The van der Waals surface area contributed by atoms with Gasteiger partial charge in [0.15, 0.2) is 0 Å². The van der Waals surface area contributed by atoms with Gasteiger partial charge in [-0.25, -0.2) is 0 Å². The van der Waals surface area contributed by atoms with Crippen molar-refractivity contribution in [1.82, 2.24) is 0 Å². The van der Waals surface area contributed by atoms with E-state index in [0.717, 1.165) is 32.1 Å². The van der Waals surface area contributed by atoms with Crippen LogP contribution in [0.3, 0.4) is 0 Å². The number of ether oxygens (including phenoxy) is 1. The molecule has 0 aromatic carbocycles. The van der Waals surface area contributed by atoms with Crippen molar-refractivity contribution in [1.29, 1.82) is 0 Å². The van der Waals surface area contributed by atoms with E-state index < -0.39 is 0 Å². The van der Waals surface area contributed by atoms with Crippen LogP contribution in [0.5, 0.6) is 0 Å². The first-order valence-corrected chi connectivity index (χ1v) is 5.88. The molecule has 0 aromatic heterocycles. The van der Waals surface area contributed by atoms with Gasteiger partial charge in [0.2, 0.25) is 0 Å². The van der Waals surface area contributed by atoms with Gasteiger partial charge in [0.05, 0.1) is 13.5 Å². The molecular weight excluding hydrogens is 204 g/mol. The van der Waals surface area contributed by atoms with Gasteiger partial charge in [-0.05, 0) is 26.2 Å². The Kier molecular flexibility index (Phi) is 9.67. The smallest absolute Gasteiger partial charge is 0.309 e. The lowest BCUT2D eigenvalue weighted by atomic mass is 10.1. The predicted octanol–water partition coefficient (Wildman–Crippen LogP) is 3.04. The Morgan fingerprint density at radius 2 is 1.75 bits per heavy atom. The standard InChI is InChI=1S/C13H22O3/c1-12(14)10-8-6-4-3-5-7-9-11-13(15)16-2/h7,9H,3-6,8,10-11H2,1-2H3/b9-7-. The highest BCUT2D eigenvalue weighted by Gasteiger charge is 1.94. The van der Waals surface area contributed by atoms with E-state index in [-0.39, 0.29) is 11.8 Å². The van der Waals surface area contributed by atoms with E-state index in [0.29, 0.717) is 12.8 Å². The summed E-state index contributed by atoms with van der Waals surface area (Å²) in [5.74, 6) is 0.0793. The SMILES string of the molecule is COC(=O)C/C=C\CCCCCCC(C)=O. The minimum absolute atomic E-state index is 0.197. The first-order chi connectivity index (χ1) is 7.66. The molecule has 0 heterocycles. The number of carbonyl (C=O) groups excluding carboxylic acids is 2. The summed E-state index contributed by atoms with van der Waals surface area (Å²) in [4.78, 5) is 21.4. The van der Waals surface area contributed by atoms with E-state index in [1.807, 2.05) is 12.2 Å². The van der Waals surface area contributed by atoms with Crippen molar-refractivity contribution in [3.63, 3.8) is 0 Å². The van der Waals surface area contributed by atoms with E-state index >= 15 is 0 Å². The fourth-order valence-electron chi connectivity index (χ4n) is 1.37. The van der Waals surface area contributed by atoms with Gasteiger partial charge >= 0.3 is 5.97 Å². The molecule has 0 aliphatic rings. The molecule has 92 valence electrons. The highest BCUT2D eigenvalue weighted by atomic mass is 16.5. The lowest BCUT2D eigenvalue weighted by molar-refractivity contribution is -0.139. The average Bonchev–Trinajstić information content (AvgIpc) is 2.26. The maximum absolute atomic E-state index is 10.7. The largest absolute Gasteiger partial charge is 0.469 e. The summed E-state index contributed by atoms with van der Waals surface area (Å²) in [5, 5.41) is 0. The van der Waals surface area contributed by atoms with Crippen molar-refractivity contribution < 1.29 is 14.3 Å². The zero-order valence-corrected chi connectivity index (χ0v) is 10.3. The fourth-order valence-corrected chi connectivity index (χ4v) is 1.37. The topological polar surface area (TPSA) is 43.4 Å². The molecule has 0 fully saturated rings. The summed E-state index contributed by atoms with van der Waals surface area (Å²) in [5.41, 5.74) is 0. The molecule has 0 atom stereocenters. The highest BCUT2D eigenvalue weighted by Crippen LogP contribution is 2.06. The molecule has 0 saturated heterocycles. The van der Waals surface area contributed by atoms with Crippen molar-refractivity contribution in [3.05, 3.63) is 12.2 Å². The molecule has 0 aromatic rings. The van der Waals surface area contributed by atoms with E-state index in [4.69, 9.17) is 0 Å². The van der Waals surface area contributed by atoms with Crippen LogP contribution in [0.25, 0.3) is 0 Å². The molecule has 0 saturated carbocycles. The second kappa shape index (κ2) is 10.4. The fraction of sp³-hybridized carbons (Fsp3) is 0.692. The van der Waals surface area contributed by atoms with Crippen LogP contribution in [-0.4, -0.2) is 18.9 Å². The second-order valence-corrected chi connectivity index (χ2v) is 3.91. The summed E-state index contributed by atoms with van der Waals surface area (Å²) in [6.45, 7) is 1.63. The molecule has 0 radical (unpaired) electrons. The molecule has 0 N–H and O–H groups in total. The summed E-state index contributed by atoms with van der Waals surface area (Å²) in [7, 11) is 1.39. The zero-order chi connectivity index (χ0) is 12.2. The van der Waals surface area contributed by atoms with Crippen LogP contribution < -0.4 is 0 Å². The van der Waals surface area contributed by atoms with Crippen LogP contribution in [-0.2, 0) is 14.3 Å². The molecule has 0 rings (SSSR count). The van der Waals surface area contributed by atoms with Crippen molar-refractivity contribution >= 4 is 11.8 Å². The Balaban J connectivity index is 3.20. The van der Waals surface area contributed by atoms with Crippen LogP contribution in [0, 0.1) is 0 Å². The minimum Gasteiger partial charge on any atom is -0.469 e. The number of Topliss-reactive ketones (excluding diaryl/α,β-unsaturated/α-hetero) is 1.